The molecule has 0 fully saturated rings. The number of methoxy groups -OCH3 is 2. The summed E-state index contributed by atoms with van der Waals surface area (Å²) in [5, 5.41) is 5.34. The number of ketones is 1. The molecule has 148 valence electrons. The quantitative estimate of drug-likeness (QED) is 0.512. The largest absolute Gasteiger partial charge is 0.493 e. The van der Waals surface area contributed by atoms with Crippen LogP contribution in [0.2, 0.25) is 0 Å². The SMILES string of the molecule is COc1ccc(CCNC(=O)CC(=O)Nc2cccc(C(C)=O)c2)cc1OC. The number of ether oxygens (including phenoxy) is 2. The molecule has 2 aromatic carbocycles. The Hall–Kier alpha value is -3.35. The fraction of sp³-hybridized carbons (Fsp3) is 0.286. The van der Waals surface area contributed by atoms with E-state index in [0.717, 1.165) is 5.56 Å². The Kier molecular flexibility index (Phi) is 7.56. The van der Waals surface area contributed by atoms with E-state index in [-0.39, 0.29) is 18.1 Å². The lowest BCUT2D eigenvalue weighted by Crippen LogP contribution is -2.29. The molecule has 28 heavy (non-hydrogen) atoms. The van der Waals surface area contributed by atoms with Gasteiger partial charge in [0, 0.05) is 17.8 Å². The van der Waals surface area contributed by atoms with Crippen molar-refractivity contribution in [2.75, 3.05) is 26.1 Å². The molecule has 0 bridgehead atoms. The Morgan fingerprint density at radius 3 is 2.36 bits per heavy atom. The summed E-state index contributed by atoms with van der Waals surface area (Å²) in [6, 6.07) is 12.1. The van der Waals surface area contributed by atoms with Gasteiger partial charge in [-0.15, -0.1) is 0 Å². The summed E-state index contributed by atoms with van der Waals surface area (Å²) in [6.07, 6.45) is 0.296. The third-order valence-electron chi connectivity index (χ3n) is 4.06. The van der Waals surface area contributed by atoms with Crippen molar-refractivity contribution >= 4 is 23.3 Å². The summed E-state index contributed by atoms with van der Waals surface area (Å²) in [6.45, 7) is 1.84. The van der Waals surface area contributed by atoms with Gasteiger partial charge in [0.15, 0.2) is 17.3 Å². The van der Waals surface area contributed by atoms with Crippen LogP contribution < -0.4 is 20.1 Å². The highest BCUT2D eigenvalue weighted by atomic mass is 16.5. The van der Waals surface area contributed by atoms with Gasteiger partial charge in [-0.3, -0.25) is 14.4 Å². The number of carbonyl (C=O) groups is 3. The first-order chi connectivity index (χ1) is 13.4. The molecule has 0 aliphatic heterocycles. The predicted octanol–water partition coefficient (Wildman–Crippen LogP) is 2.59. The van der Waals surface area contributed by atoms with Gasteiger partial charge in [0.2, 0.25) is 11.8 Å². The average Bonchev–Trinajstić information content (AvgIpc) is 2.67. The number of carbonyl (C=O) groups excluding carboxylic acids is 3. The number of Topliss-reactive ketones (excluding diaryl/α,β-unsaturated/α-hetero) is 1. The first-order valence-corrected chi connectivity index (χ1v) is 8.81. The Morgan fingerprint density at radius 1 is 0.929 bits per heavy atom. The summed E-state index contributed by atoms with van der Waals surface area (Å²) >= 11 is 0. The molecule has 0 unspecified atom stereocenters. The van der Waals surface area contributed by atoms with E-state index < -0.39 is 5.91 Å². The van der Waals surface area contributed by atoms with Crippen molar-refractivity contribution in [2.24, 2.45) is 0 Å². The Bertz CT molecular complexity index is 864. The molecule has 0 aliphatic carbocycles. The van der Waals surface area contributed by atoms with E-state index in [1.54, 1.807) is 44.6 Å². The van der Waals surface area contributed by atoms with Crippen molar-refractivity contribution in [2.45, 2.75) is 19.8 Å². The first-order valence-electron chi connectivity index (χ1n) is 8.81. The van der Waals surface area contributed by atoms with Crippen LogP contribution in [-0.4, -0.2) is 38.4 Å². The van der Waals surface area contributed by atoms with Crippen LogP contribution in [0.15, 0.2) is 42.5 Å². The topological polar surface area (TPSA) is 93.7 Å². The zero-order valence-corrected chi connectivity index (χ0v) is 16.2. The van der Waals surface area contributed by atoms with E-state index >= 15 is 0 Å². The summed E-state index contributed by atoms with van der Waals surface area (Å²) in [7, 11) is 3.13. The van der Waals surface area contributed by atoms with Gasteiger partial charge in [-0.2, -0.15) is 0 Å². The molecule has 2 aromatic rings. The molecule has 2 rings (SSSR count). The van der Waals surface area contributed by atoms with Gasteiger partial charge in [-0.1, -0.05) is 18.2 Å². The number of hydrogen-bond acceptors (Lipinski definition) is 5. The molecule has 0 saturated heterocycles. The number of anilines is 1. The second-order valence-electron chi connectivity index (χ2n) is 6.15. The summed E-state index contributed by atoms with van der Waals surface area (Å²) < 4.78 is 10.4. The first kappa shape index (κ1) is 21.0. The normalized spacial score (nSPS) is 10.1. The average molecular weight is 384 g/mol. The number of amides is 2. The molecular formula is C21H24N2O5. The maximum Gasteiger partial charge on any atom is 0.233 e. The number of nitrogens with one attached hydrogen (secondary N) is 2. The molecule has 7 nitrogen and oxygen atoms in total. The molecule has 0 heterocycles. The van der Waals surface area contributed by atoms with Crippen LogP contribution in [0.3, 0.4) is 0 Å². The monoisotopic (exact) mass is 384 g/mol. The fourth-order valence-corrected chi connectivity index (χ4v) is 2.61. The maximum absolute atomic E-state index is 12.0. The third-order valence-corrected chi connectivity index (χ3v) is 4.06. The summed E-state index contributed by atoms with van der Waals surface area (Å²) in [4.78, 5) is 35.3. The number of rotatable bonds is 9. The number of hydrogen-bond donors (Lipinski definition) is 2. The van der Waals surface area contributed by atoms with Gasteiger partial charge in [0.1, 0.15) is 6.42 Å². The highest BCUT2D eigenvalue weighted by Gasteiger charge is 2.11. The van der Waals surface area contributed by atoms with Gasteiger partial charge >= 0.3 is 0 Å². The maximum atomic E-state index is 12.0. The minimum absolute atomic E-state index is 0.0935. The molecule has 0 radical (unpaired) electrons. The van der Waals surface area contributed by atoms with Gasteiger partial charge in [0.05, 0.1) is 14.2 Å². The van der Waals surface area contributed by atoms with Gasteiger partial charge in [-0.05, 0) is 43.2 Å². The van der Waals surface area contributed by atoms with Crippen LogP contribution in [0, 0.1) is 0 Å². The zero-order chi connectivity index (χ0) is 20.5. The Morgan fingerprint density at radius 2 is 1.68 bits per heavy atom. The highest BCUT2D eigenvalue weighted by molar-refractivity contribution is 6.04. The van der Waals surface area contributed by atoms with Crippen molar-refractivity contribution in [3.8, 4) is 11.5 Å². The lowest BCUT2D eigenvalue weighted by atomic mass is 10.1. The third kappa shape index (κ3) is 6.12. The summed E-state index contributed by atoms with van der Waals surface area (Å²) in [5.74, 6) is 0.355. The van der Waals surface area contributed by atoms with Crippen molar-refractivity contribution < 1.29 is 23.9 Å². The van der Waals surface area contributed by atoms with Crippen LogP contribution in [0.25, 0.3) is 0 Å². The van der Waals surface area contributed by atoms with Crippen LogP contribution in [0.1, 0.15) is 29.3 Å². The fourth-order valence-electron chi connectivity index (χ4n) is 2.61. The highest BCUT2D eigenvalue weighted by Crippen LogP contribution is 2.27. The molecule has 0 aliphatic rings. The van der Waals surface area contributed by atoms with Crippen molar-refractivity contribution in [1.82, 2.24) is 5.32 Å². The Balaban J connectivity index is 1.80. The molecule has 0 aromatic heterocycles. The predicted molar refractivity (Wildman–Crippen MR) is 106 cm³/mol. The van der Waals surface area contributed by atoms with E-state index in [1.807, 2.05) is 12.1 Å². The number of benzene rings is 2. The van der Waals surface area contributed by atoms with Gasteiger partial charge < -0.3 is 20.1 Å². The lowest BCUT2D eigenvalue weighted by Gasteiger charge is -2.10. The van der Waals surface area contributed by atoms with Crippen molar-refractivity contribution in [3.05, 3.63) is 53.6 Å². The van der Waals surface area contributed by atoms with E-state index in [9.17, 15) is 14.4 Å². The Labute approximate surface area is 164 Å². The molecule has 0 saturated carbocycles. The molecule has 7 heteroatoms. The molecule has 0 atom stereocenters. The van der Waals surface area contributed by atoms with Crippen LogP contribution >= 0.6 is 0 Å². The van der Waals surface area contributed by atoms with Crippen LogP contribution in [-0.2, 0) is 16.0 Å². The molecule has 2 N–H and O–H groups in total. The minimum Gasteiger partial charge on any atom is -0.493 e. The standard InChI is InChI=1S/C21H24N2O5/c1-14(24)16-5-4-6-17(12-16)23-21(26)13-20(25)22-10-9-15-7-8-18(27-2)19(11-15)28-3/h4-8,11-12H,9-10,13H2,1-3H3,(H,22,25)(H,23,26). The zero-order valence-electron chi connectivity index (χ0n) is 16.2. The van der Waals surface area contributed by atoms with Crippen molar-refractivity contribution in [1.29, 1.82) is 0 Å². The van der Waals surface area contributed by atoms with Crippen LogP contribution in [0.4, 0.5) is 5.69 Å². The molecule has 0 spiro atoms. The smallest absolute Gasteiger partial charge is 0.233 e. The van der Waals surface area contributed by atoms with E-state index in [1.165, 1.54) is 6.92 Å². The second-order valence-corrected chi connectivity index (χ2v) is 6.15. The van der Waals surface area contributed by atoms with Crippen LogP contribution in [0.5, 0.6) is 11.5 Å². The summed E-state index contributed by atoms with van der Waals surface area (Å²) in [5.41, 5.74) is 1.96. The van der Waals surface area contributed by atoms with Gasteiger partial charge in [0.25, 0.3) is 0 Å². The lowest BCUT2D eigenvalue weighted by molar-refractivity contribution is -0.126. The molecule has 2 amide bonds. The van der Waals surface area contributed by atoms with E-state index in [2.05, 4.69) is 10.6 Å². The minimum atomic E-state index is -0.440. The van der Waals surface area contributed by atoms with Crippen molar-refractivity contribution in [3.63, 3.8) is 0 Å². The molecular weight excluding hydrogens is 360 g/mol. The van der Waals surface area contributed by atoms with E-state index in [4.69, 9.17) is 9.47 Å². The van der Waals surface area contributed by atoms with E-state index in [0.29, 0.717) is 35.7 Å². The van der Waals surface area contributed by atoms with Gasteiger partial charge in [-0.25, -0.2) is 0 Å². The second kappa shape index (κ2) is 10.1.